The Balaban J connectivity index is 1.26. The third-order valence-corrected chi connectivity index (χ3v) is 6.34. The Morgan fingerprint density at radius 2 is 1.67 bits per heavy atom. The number of hydrogen-bond acceptors (Lipinski definition) is 5. The Hall–Kier alpha value is -1.63. The zero-order valence-corrected chi connectivity index (χ0v) is 16.6. The molecule has 1 aromatic rings. The molecule has 0 N–H and O–H groups in total. The van der Waals surface area contributed by atoms with Gasteiger partial charge in [-0.3, -0.25) is 9.69 Å². The average molecular weight is 373 g/mol. The summed E-state index contributed by atoms with van der Waals surface area (Å²) in [5.41, 5.74) is 4.03. The molecule has 0 atom stereocenters. The highest BCUT2D eigenvalue weighted by atomic mass is 16.7. The van der Waals surface area contributed by atoms with Gasteiger partial charge in [0.1, 0.15) is 0 Å². The smallest absolute Gasteiger partial charge is 0.236 e. The molecule has 1 aromatic carbocycles. The van der Waals surface area contributed by atoms with Gasteiger partial charge in [-0.2, -0.15) is 0 Å². The number of piperidine rings is 1. The number of rotatable bonds is 3. The molecule has 0 radical (unpaired) electrons. The first-order chi connectivity index (χ1) is 13.1. The van der Waals surface area contributed by atoms with Crippen LogP contribution in [0.5, 0.6) is 0 Å². The highest BCUT2D eigenvalue weighted by Crippen LogP contribution is 2.31. The zero-order chi connectivity index (χ0) is 18.9. The molecule has 3 aliphatic rings. The fourth-order valence-corrected chi connectivity index (χ4v) is 4.40. The molecule has 4 rings (SSSR count). The highest BCUT2D eigenvalue weighted by Gasteiger charge is 2.40. The third-order valence-electron chi connectivity index (χ3n) is 6.34. The number of piperazine rings is 1. The van der Waals surface area contributed by atoms with Crippen molar-refractivity contribution in [2.24, 2.45) is 0 Å². The van der Waals surface area contributed by atoms with Crippen molar-refractivity contribution >= 4 is 11.6 Å². The SMILES string of the molecule is Cc1cccc(N2CCN(CC(=O)N3CCC4(CC3)OCCO4)CC2)c1C. The van der Waals surface area contributed by atoms with Gasteiger partial charge in [-0.15, -0.1) is 0 Å². The Morgan fingerprint density at radius 3 is 2.33 bits per heavy atom. The van der Waals surface area contributed by atoms with Gasteiger partial charge in [-0.05, 0) is 31.0 Å². The molecule has 27 heavy (non-hydrogen) atoms. The van der Waals surface area contributed by atoms with Crippen LogP contribution in [-0.2, 0) is 14.3 Å². The third kappa shape index (κ3) is 3.98. The molecule has 3 heterocycles. The van der Waals surface area contributed by atoms with Crippen molar-refractivity contribution in [1.82, 2.24) is 9.80 Å². The van der Waals surface area contributed by atoms with Gasteiger partial charge in [0.15, 0.2) is 5.79 Å². The molecule has 3 fully saturated rings. The number of nitrogens with zero attached hydrogens (tertiary/aromatic N) is 3. The highest BCUT2D eigenvalue weighted by molar-refractivity contribution is 5.78. The first-order valence-electron chi connectivity index (χ1n) is 10.2. The fourth-order valence-electron chi connectivity index (χ4n) is 4.40. The van der Waals surface area contributed by atoms with E-state index >= 15 is 0 Å². The molecule has 0 saturated carbocycles. The maximum absolute atomic E-state index is 12.7. The molecule has 0 bridgehead atoms. The lowest BCUT2D eigenvalue weighted by Gasteiger charge is -2.40. The second-order valence-electron chi connectivity index (χ2n) is 7.97. The van der Waals surface area contributed by atoms with Crippen LogP contribution in [0.25, 0.3) is 0 Å². The molecule has 0 unspecified atom stereocenters. The Labute approximate surface area is 162 Å². The van der Waals surface area contributed by atoms with Gasteiger partial charge in [0, 0.05) is 57.8 Å². The van der Waals surface area contributed by atoms with Crippen LogP contribution in [-0.4, -0.2) is 80.5 Å². The second-order valence-corrected chi connectivity index (χ2v) is 7.97. The van der Waals surface area contributed by atoms with E-state index in [4.69, 9.17) is 9.47 Å². The predicted octanol–water partition coefficient (Wildman–Crippen LogP) is 1.79. The van der Waals surface area contributed by atoms with Crippen molar-refractivity contribution in [3.63, 3.8) is 0 Å². The molecule has 1 spiro atoms. The van der Waals surface area contributed by atoms with Crippen LogP contribution in [0.3, 0.4) is 0 Å². The molecule has 3 saturated heterocycles. The fraction of sp³-hybridized carbons (Fsp3) is 0.667. The van der Waals surface area contributed by atoms with Gasteiger partial charge in [0.2, 0.25) is 5.91 Å². The summed E-state index contributed by atoms with van der Waals surface area (Å²) in [6.07, 6.45) is 1.58. The van der Waals surface area contributed by atoms with Gasteiger partial charge in [0.25, 0.3) is 0 Å². The Bertz CT molecular complexity index is 669. The summed E-state index contributed by atoms with van der Waals surface area (Å²) in [6, 6.07) is 6.51. The number of amides is 1. The van der Waals surface area contributed by atoms with Crippen LogP contribution in [0.15, 0.2) is 18.2 Å². The van der Waals surface area contributed by atoms with Crippen molar-refractivity contribution < 1.29 is 14.3 Å². The second kappa shape index (κ2) is 7.78. The lowest BCUT2D eigenvalue weighted by atomic mass is 10.0. The summed E-state index contributed by atoms with van der Waals surface area (Å²) in [6.45, 7) is 11.5. The van der Waals surface area contributed by atoms with Crippen LogP contribution >= 0.6 is 0 Å². The quantitative estimate of drug-likeness (QED) is 0.808. The minimum Gasteiger partial charge on any atom is -0.369 e. The van der Waals surface area contributed by atoms with E-state index in [-0.39, 0.29) is 5.91 Å². The molecule has 6 nitrogen and oxygen atoms in total. The van der Waals surface area contributed by atoms with Gasteiger partial charge in [0.05, 0.1) is 19.8 Å². The summed E-state index contributed by atoms with van der Waals surface area (Å²) in [7, 11) is 0. The molecule has 148 valence electrons. The van der Waals surface area contributed by atoms with E-state index in [1.807, 2.05) is 4.90 Å². The van der Waals surface area contributed by atoms with Gasteiger partial charge < -0.3 is 19.3 Å². The molecule has 6 heteroatoms. The van der Waals surface area contributed by atoms with Crippen molar-refractivity contribution in [3.05, 3.63) is 29.3 Å². The van der Waals surface area contributed by atoms with Crippen LogP contribution in [0.4, 0.5) is 5.69 Å². The van der Waals surface area contributed by atoms with Crippen LogP contribution in [0.1, 0.15) is 24.0 Å². The van der Waals surface area contributed by atoms with Gasteiger partial charge in [-0.1, -0.05) is 12.1 Å². The number of ether oxygens (including phenoxy) is 2. The van der Waals surface area contributed by atoms with Crippen LogP contribution < -0.4 is 4.90 Å². The van der Waals surface area contributed by atoms with Crippen molar-refractivity contribution in [2.75, 3.05) is 63.9 Å². The number of anilines is 1. The molecular weight excluding hydrogens is 342 g/mol. The number of carbonyl (C=O) groups is 1. The zero-order valence-electron chi connectivity index (χ0n) is 16.6. The summed E-state index contributed by atoms with van der Waals surface area (Å²) >= 11 is 0. The van der Waals surface area contributed by atoms with Gasteiger partial charge >= 0.3 is 0 Å². The van der Waals surface area contributed by atoms with E-state index in [9.17, 15) is 4.79 Å². The summed E-state index contributed by atoms with van der Waals surface area (Å²) in [5.74, 6) is -0.170. The maximum atomic E-state index is 12.7. The number of aryl methyl sites for hydroxylation is 1. The number of hydrogen-bond donors (Lipinski definition) is 0. The average Bonchev–Trinajstić information content (AvgIpc) is 3.13. The predicted molar refractivity (Wildman–Crippen MR) is 105 cm³/mol. The van der Waals surface area contributed by atoms with E-state index < -0.39 is 5.79 Å². The Morgan fingerprint density at radius 1 is 1.00 bits per heavy atom. The largest absolute Gasteiger partial charge is 0.369 e. The lowest BCUT2D eigenvalue weighted by molar-refractivity contribution is -0.187. The van der Waals surface area contributed by atoms with Crippen molar-refractivity contribution in [1.29, 1.82) is 0 Å². The molecule has 0 aromatic heterocycles. The minimum absolute atomic E-state index is 0.239. The first-order valence-corrected chi connectivity index (χ1v) is 10.2. The van der Waals surface area contributed by atoms with E-state index in [0.717, 1.165) is 52.1 Å². The Kier molecular flexibility index (Phi) is 5.39. The monoisotopic (exact) mass is 373 g/mol. The van der Waals surface area contributed by atoms with E-state index in [1.165, 1.54) is 16.8 Å². The number of benzene rings is 1. The van der Waals surface area contributed by atoms with E-state index in [2.05, 4.69) is 41.8 Å². The summed E-state index contributed by atoms with van der Waals surface area (Å²) in [5, 5.41) is 0. The maximum Gasteiger partial charge on any atom is 0.236 e. The lowest BCUT2D eigenvalue weighted by Crippen LogP contribution is -2.53. The summed E-state index contributed by atoms with van der Waals surface area (Å²) in [4.78, 5) is 19.4. The molecule has 1 amide bonds. The summed E-state index contributed by atoms with van der Waals surface area (Å²) < 4.78 is 11.5. The molecule has 0 aliphatic carbocycles. The van der Waals surface area contributed by atoms with Crippen LogP contribution in [0.2, 0.25) is 0 Å². The van der Waals surface area contributed by atoms with E-state index in [0.29, 0.717) is 19.8 Å². The van der Waals surface area contributed by atoms with Gasteiger partial charge in [-0.25, -0.2) is 0 Å². The standard InChI is InChI=1S/C21H31N3O3/c1-17-4-3-5-19(18(17)2)23-12-10-22(11-13-23)16-20(25)24-8-6-21(7-9-24)26-14-15-27-21/h3-5H,6-16H2,1-2H3. The molecule has 3 aliphatic heterocycles. The first kappa shape index (κ1) is 18.7. The van der Waals surface area contributed by atoms with Crippen LogP contribution in [0, 0.1) is 13.8 Å². The number of likely N-dealkylation sites (tertiary alicyclic amines) is 1. The normalized spacial score (nSPS) is 23.2. The molecular formula is C21H31N3O3. The topological polar surface area (TPSA) is 45.2 Å². The number of carbonyl (C=O) groups excluding carboxylic acids is 1. The van der Waals surface area contributed by atoms with E-state index in [1.54, 1.807) is 0 Å². The minimum atomic E-state index is -0.409. The van der Waals surface area contributed by atoms with Crippen molar-refractivity contribution in [2.45, 2.75) is 32.5 Å². The van der Waals surface area contributed by atoms with Crippen molar-refractivity contribution in [3.8, 4) is 0 Å².